The average molecular weight is 394 g/mol. The smallest absolute Gasteiger partial charge is 0.192 e. The third kappa shape index (κ3) is 3.27. The zero-order valence-electron chi connectivity index (χ0n) is 15.7. The molecule has 0 amide bonds. The van der Waals surface area contributed by atoms with E-state index in [9.17, 15) is 4.79 Å². The molecule has 0 saturated heterocycles. The number of carbonyl (C=O) groups excluding carboxylic acids is 1. The van der Waals surface area contributed by atoms with Crippen LogP contribution in [0.15, 0.2) is 47.6 Å². The highest BCUT2D eigenvalue weighted by molar-refractivity contribution is 7.99. The Morgan fingerprint density at radius 3 is 2.71 bits per heavy atom. The Bertz CT molecular complexity index is 1190. The minimum Gasteiger partial charge on any atom is -0.497 e. The van der Waals surface area contributed by atoms with E-state index in [1.54, 1.807) is 36.9 Å². The molecule has 0 unspecified atom stereocenters. The van der Waals surface area contributed by atoms with Gasteiger partial charge in [-0.3, -0.25) is 4.79 Å². The molecule has 8 heteroatoms. The predicted molar refractivity (Wildman–Crippen MR) is 108 cm³/mol. The van der Waals surface area contributed by atoms with Crippen LogP contribution in [0.2, 0.25) is 0 Å². The number of para-hydroxylation sites is 1. The first-order chi connectivity index (χ1) is 13.6. The number of Topliss-reactive ketones (excluding diaryl/α,β-unsaturated/α-hetero) is 1. The highest BCUT2D eigenvalue weighted by Gasteiger charge is 2.17. The molecule has 142 valence electrons. The number of nitrogens with zero attached hydrogens (tertiary/aromatic N) is 4. The summed E-state index contributed by atoms with van der Waals surface area (Å²) in [7, 11) is 3.10. The summed E-state index contributed by atoms with van der Waals surface area (Å²) in [4.78, 5) is 22.0. The summed E-state index contributed by atoms with van der Waals surface area (Å²) >= 11 is 1.32. The van der Waals surface area contributed by atoms with Crippen LogP contribution >= 0.6 is 11.8 Å². The number of thioether (sulfide) groups is 1. The Morgan fingerprint density at radius 2 is 1.93 bits per heavy atom. The van der Waals surface area contributed by atoms with Gasteiger partial charge in [0.25, 0.3) is 0 Å². The second-order valence-corrected chi connectivity index (χ2v) is 7.03. The maximum absolute atomic E-state index is 12.8. The summed E-state index contributed by atoms with van der Waals surface area (Å²) in [5.74, 6) is 1.87. The standard InChI is InChI=1S/C20H18N4O3S/c1-12-21-19-14-6-4-5-7-16(14)22-20(24(19)23-12)28-11-17(25)15-10-13(26-2)8-9-18(15)27-3/h4-10H,11H2,1-3H3. The third-order valence-electron chi connectivity index (χ3n) is 4.29. The second kappa shape index (κ2) is 7.47. The monoisotopic (exact) mass is 394 g/mol. The van der Waals surface area contributed by atoms with Crippen LogP contribution in [0.3, 0.4) is 0 Å². The molecule has 0 spiro atoms. The molecule has 7 nitrogen and oxygen atoms in total. The number of ketones is 1. The molecule has 0 radical (unpaired) electrons. The highest BCUT2D eigenvalue weighted by Crippen LogP contribution is 2.28. The molecule has 0 fully saturated rings. The number of aromatic nitrogens is 4. The number of carbonyl (C=O) groups is 1. The summed E-state index contributed by atoms with van der Waals surface area (Å²) in [5, 5.41) is 5.98. The summed E-state index contributed by atoms with van der Waals surface area (Å²) < 4.78 is 12.2. The van der Waals surface area contributed by atoms with E-state index >= 15 is 0 Å². The molecule has 4 rings (SSSR count). The number of ether oxygens (including phenoxy) is 2. The van der Waals surface area contributed by atoms with Gasteiger partial charge in [0.05, 0.1) is 31.1 Å². The van der Waals surface area contributed by atoms with E-state index in [1.165, 1.54) is 11.8 Å². The molecule has 0 N–H and O–H groups in total. The molecule has 4 aromatic rings. The molecule has 2 heterocycles. The second-order valence-electron chi connectivity index (χ2n) is 6.08. The van der Waals surface area contributed by atoms with Crippen LogP contribution in [0.25, 0.3) is 16.6 Å². The zero-order chi connectivity index (χ0) is 19.7. The van der Waals surface area contributed by atoms with Crippen molar-refractivity contribution in [1.82, 2.24) is 19.6 Å². The summed E-state index contributed by atoms with van der Waals surface area (Å²) in [5.41, 5.74) is 2.02. The van der Waals surface area contributed by atoms with Crippen LogP contribution < -0.4 is 9.47 Å². The van der Waals surface area contributed by atoms with Gasteiger partial charge in [0, 0.05) is 5.39 Å². The molecular weight excluding hydrogens is 376 g/mol. The quantitative estimate of drug-likeness (QED) is 0.281. The Morgan fingerprint density at radius 1 is 1.11 bits per heavy atom. The number of hydrogen-bond donors (Lipinski definition) is 0. The molecule has 0 atom stereocenters. The van der Waals surface area contributed by atoms with Crippen LogP contribution in [-0.4, -0.2) is 45.3 Å². The molecule has 0 saturated carbocycles. The fourth-order valence-electron chi connectivity index (χ4n) is 2.97. The van der Waals surface area contributed by atoms with Crippen molar-refractivity contribution in [3.63, 3.8) is 0 Å². The van der Waals surface area contributed by atoms with Crippen molar-refractivity contribution in [2.24, 2.45) is 0 Å². The van der Waals surface area contributed by atoms with Crippen molar-refractivity contribution >= 4 is 34.1 Å². The van der Waals surface area contributed by atoms with Gasteiger partial charge < -0.3 is 9.47 Å². The lowest BCUT2D eigenvalue weighted by atomic mass is 10.1. The maximum Gasteiger partial charge on any atom is 0.192 e. The van der Waals surface area contributed by atoms with Crippen molar-refractivity contribution in [1.29, 1.82) is 0 Å². The molecule has 0 bridgehead atoms. The van der Waals surface area contributed by atoms with Gasteiger partial charge in [-0.15, -0.1) is 5.10 Å². The fraction of sp³-hybridized carbons (Fsp3) is 0.200. The van der Waals surface area contributed by atoms with Crippen LogP contribution in [0, 0.1) is 6.92 Å². The minimum absolute atomic E-state index is 0.0827. The molecule has 28 heavy (non-hydrogen) atoms. The Labute approximate surface area is 165 Å². The van der Waals surface area contributed by atoms with E-state index in [-0.39, 0.29) is 11.5 Å². The van der Waals surface area contributed by atoms with Crippen molar-refractivity contribution in [2.75, 3.05) is 20.0 Å². The Hall–Kier alpha value is -3.13. The topological polar surface area (TPSA) is 78.6 Å². The molecule has 0 aliphatic carbocycles. The lowest BCUT2D eigenvalue weighted by molar-refractivity contribution is 0.101. The Balaban J connectivity index is 1.68. The average Bonchev–Trinajstić information content (AvgIpc) is 3.13. The van der Waals surface area contributed by atoms with E-state index < -0.39 is 0 Å². The lowest BCUT2D eigenvalue weighted by Crippen LogP contribution is -2.07. The summed E-state index contributed by atoms with van der Waals surface area (Å²) in [6.45, 7) is 1.84. The zero-order valence-corrected chi connectivity index (χ0v) is 16.5. The predicted octanol–water partition coefficient (Wildman–Crippen LogP) is 3.58. The van der Waals surface area contributed by atoms with Gasteiger partial charge in [0.2, 0.25) is 0 Å². The van der Waals surface area contributed by atoms with E-state index in [1.807, 2.05) is 31.2 Å². The summed E-state index contributed by atoms with van der Waals surface area (Å²) in [6.07, 6.45) is 0. The van der Waals surface area contributed by atoms with Crippen LogP contribution in [-0.2, 0) is 0 Å². The molecular formula is C20H18N4O3S. The van der Waals surface area contributed by atoms with E-state index in [4.69, 9.17) is 9.47 Å². The van der Waals surface area contributed by atoms with Crippen molar-refractivity contribution in [3.8, 4) is 11.5 Å². The molecule has 0 aliphatic heterocycles. The van der Waals surface area contributed by atoms with E-state index in [2.05, 4.69) is 15.1 Å². The van der Waals surface area contributed by atoms with Gasteiger partial charge in [0.15, 0.2) is 16.6 Å². The van der Waals surface area contributed by atoms with Crippen molar-refractivity contribution in [3.05, 3.63) is 53.9 Å². The number of hydrogen-bond acceptors (Lipinski definition) is 7. The third-order valence-corrected chi connectivity index (χ3v) is 5.22. The molecule has 2 aromatic heterocycles. The van der Waals surface area contributed by atoms with E-state index in [0.717, 1.165) is 16.6 Å². The lowest BCUT2D eigenvalue weighted by Gasteiger charge is -2.10. The maximum atomic E-state index is 12.8. The van der Waals surface area contributed by atoms with Crippen LogP contribution in [0.5, 0.6) is 11.5 Å². The van der Waals surface area contributed by atoms with Gasteiger partial charge in [-0.05, 0) is 37.3 Å². The molecule has 0 aliphatic rings. The van der Waals surface area contributed by atoms with Crippen molar-refractivity contribution < 1.29 is 14.3 Å². The van der Waals surface area contributed by atoms with Crippen LogP contribution in [0.4, 0.5) is 0 Å². The first-order valence-corrected chi connectivity index (χ1v) is 9.59. The first-order valence-electron chi connectivity index (χ1n) is 8.61. The normalized spacial score (nSPS) is 11.1. The SMILES string of the molecule is COc1ccc(OC)c(C(=O)CSc2nc3ccccc3c3nc(C)nn23)c1. The number of methoxy groups -OCH3 is 2. The van der Waals surface area contributed by atoms with Crippen LogP contribution in [0.1, 0.15) is 16.2 Å². The molecule has 2 aromatic carbocycles. The largest absolute Gasteiger partial charge is 0.497 e. The van der Waals surface area contributed by atoms with Gasteiger partial charge in [-0.1, -0.05) is 23.9 Å². The number of aryl methyl sites for hydroxylation is 1. The highest BCUT2D eigenvalue weighted by atomic mass is 32.2. The minimum atomic E-state index is -0.0827. The van der Waals surface area contributed by atoms with Gasteiger partial charge in [0.1, 0.15) is 17.3 Å². The summed E-state index contributed by atoms with van der Waals surface area (Å²) in [6, 6.07) is 12.9. The number of benzene rings is 2. The van der Waals surface area contributed by atoms with Gasteiger partial charge >= 0.3 is 0 Å². The van der Waals surface area contributed by atoms with Crippen molar-refractivity contribution in [2.45, 2.75) is 12.1 Å². The number of fused-ring (bicyclic) bond motifs is 3. The Kier molecular flexibility index (Phi) is 4.87. The fourth-order valence-corrected chi connectivity index (χ4v) is 3.79. The first kappa shape index (κ1) is 18.2. The van der Waals surface area contributed by atoms with E-state index in [0.29, 0.717) is 28.0 Å². The van der Waals surface area contributed by atoms with Gasteiger partial charge in [-0.2, -0.15) is 4.52 Å². The number of rotatable bonds is 6. The van der Waals surface area contributed by atoms with Gasteiger partial charge in [-0.25, -0.2) is 9.97 Å².